The Hall–Kier alpha value is -5.03. The number of amides is 1. The SMILES string of the molecule is COCOc1c(OC)c(C)cc2c1[C@@H]1[C@@H]3Cc4c(OC(C)=O)c(C)c5c(c4[C@H](COC(=O)Nc4ccccc4)N3[C@@H](C#N)[C@H](C2)N1C)OCO5. The number of piperazine rings is 1. The summed E-state index contributed by atoms with van der Waals surface area (Å²) in [4.78, 5) is 30.2. The Morgan fingerprint density at radius 1 is 1.02 bits per heavy atom. The zero-order valence-corrected chi connectivity index (χ0v) is 28.9. The minimum Gasteiger partial charge on any atom is -0.493 e. The van der Waals surface area contributed by atoms with Crippen LogP contribution in [0.15, 0.2) is 36.4 Å². The van der Waals surface area contributed by atoms with Gasteiger partial charge >= 0.3 is 12.1 Å². The molecule has 4 heterocycles. The number of likely N-dealkylation sites (N-methyl/N-ethyl adjacent to an activating group) is 1. The molecule has 0 radical (unpaired) electrons. The van der Waals surface area contributed by atoms with Crippen LogP contribution in [0, 0.1) is 25.2 Å². The standard InChI is InChI=1S/C37H40N4O9/c1-19-12-22-13-25-27(15-38)41-26(31(40(25)4)29(22)35(32(19)45-6)47-17-44-5)14-24-30(28(41)16-46-37(43)39-23-10-8-7-9-11-23)36-34(48-18-49-36)20(2)33(24)50-21(3)42/h7-12,25-28,31H,13-14,16-18H2,1-6H3,(H,39,43)/t25-,26-,27-,28-,31-/m0/s1. The lowest BCUT2D eigenvalue weighted by Gasteiger charge is -2.59. The molecule has 1 saturated heterocycles. The van der Waals surface area contributed by atoms with Gasteiger partial charge in [0.05, 0.1) is 25.3 Å². The quantitative estimate of drug-likeness (QED) is 0.195. The molecule has 7 rings (SSSR count). The molecule has 1 fully saturated rings. The van der Waals surface area contributed by atoms with Gasteiger partial charge in [0, 0.05) is 54.1 Å². The number of carbonyl (C=O) groups excluding carboxylic acids is 2. The van der Waals surface area contributed by atoms with E-state index >= 15 is 0 Å². The molecule has 0 aromatic heterocycles. The van der Waals surface area contributed by atoms with E-state index in [1.165, 1.54) is 6.92 Å². The van der Waals surface area contributed by atoms with Gasteiger partial charge in [-0.25, -0.2) is 4.79 Å². The lowest BCUT2D eigenvalue weighted by Crippen LogP contribution is -2.68. The number of ether oxygens (including phenoxy) is 7. The number of hydrogen-bond donors (Lipinski definition) is 1. The number of nitrogens with one attached hydrogen (secondary N) is 1. The van der Waals surface area contributed by atoms with Gasteiger partial charge in [-0.1, -0.05) is 24.3 Å². The molecule has 0 spiro atoms. The van der Waals surface area contributed by atoms with Crippen LogP contribution < -0.4 is 29.0 Å². The van der Waals surface area contributed by atoms with Crippen LogP contribution in [0.25, 0.3) is 0 Å². The second-order valence-electron chi connectivity index (χ2n) is 13.0. The fraction of sp³-hybridized carbons (Fsp3) is 0.432. The van der Waals surface area contributed by atoms with Gasteiger partial charge in [-0.2, -0.15) is 5.26 Å². The third-order valence-corrected chi connectivity index (χ3v) is 10.2. The van der Waals surface area contributed by atoms with Crippen molar-refractivity contribution in [1.29, 1.82) is 5.26 Å². The number of nitriles is 1. The summed E-state index contributed by atoms with van der Waals surface area (Å²) in [6, 6.07) is 11.6. The van der Waals surface area contributed by atoms with E-state index in [1.54, 1.807) is 26.4 Å². The third-order valence-electron chi connectivity index (χ3n) is 10.2. The number of nitrogens with zero attached hydrogens (tertiary/aromatic N) is 3. The summed E-state index contributed by atoms with van der Waals surface area (Å²) >= 11 is 0. The van der Waals surface area contributed by atoms with Crippen molar-refractivity contribution in [3.63, 3.8) is 0 Å². The van der Waals surface area contributed by atoms with Crippen molar-refractivity contribution in [3.05, 3.63) is 69.8 Å². The van der Waals surface area contributed by atoms with E-state index in [4.69, 9.17) is 33.2 Å². The number of fused-ring (bicyclic) bond motifs is 9. The zero-order valence-electron chi connectivity index (χ0n) is 28.9. The minimum atomic E-state index is -0.670. The molecule has 50 heavy (non-hydrogen) atoms. The van der Waals surface area contributed by atoms with Crippen molar-refractivity contribution >= 4 is 17.7 Å². The molecule has 0 saturated carbocycles. The van der Waals surface area contributed by atoms with Gasteiger partial charge in [-0.05, 0) is 57.0 Å². The maximum atomic E-state index is 13.2. The molecule has 262 valence electrons. The van der Waals surface area contributed by atoms with Crippen LogP contribution in [-0.2, 0) is 27.1 Å². The van der Waals surface area contributed by atoms with Gasteiger partial charge in [0.15, 0.2) is 29.8 Å². The first-order chi connectivity index (χ1) is 24.2. The molecule has 1 N–H and O–H groups in total. The fourth-order valence-electron chi connectivity index (χ4n) is 8.34. The second-order valence-corrected chi connectivity index (χ2v) is 13.0. The van der Waals surface area contributed by atoms with E-state index in [1.807, 2.05) is 39.1 Å². The van der Waals surface area contributed by atoms with Crippen LogP contribution in [0.2, 0.25) is 0 Å². The Labute approximate surface area is 290 Å². The Morgan fingerprint density at radius 2 is 1.78 bits per heavy atom. The first-order valence-corrected chi connectivity index (χ1v) is 16.5. The van der Waals surface area contributed by atoms with Crippen molar-refractivity contribution in [1.82, 2.24) is 9.80 Å². The number of rotatable bonds is 8. The Bertz CT molecular complexity index is 1880. The Balaban J connectivity index is 1.42. The molecule has 4 aliphatic rings. The number of aryl methyl sites for hydroxylation is 1. The van der Waals surface area contributed by atoms with Gasteiger partial charge < -0.3 is 33.2 Å². The highest BCUT2D eigenvalue weighted by molar-refractivity contribution is 5.84. The van der Waals surface area contributed by atoms with Crippen molar-refractivity contribution in [2.45, 2.75) is 63.8 Å². The topological polar surface area (TPSA) is 141 Å². The van der Waals surface area contributed by atoms with Gasteiger partial charge in [-0.3, -0.25) is 19.9 Å². The molecular weight excluding hydrogens is 644 g/mol. The normalized spacial score (nSPS) is 23.1. The van der Waals surface area contributed by atoms with Gasteiger partial charge in [0.25, 0.3) is 0 Å². The maximum Gasteiger partial charge on any atom is 0.411 e. The lowest BCUT2D eigenvalue weighted by molar-refractivity contribution is -0.132. The van der Waals surface area contributed by atoms with E-state index in [0.29, 0.717) is 58.4 Å². The molecule has 13 nitrogen and oxygen atoms in total. The van der Waals surface area contributed by atoms with Gasteiger partial charge in [0.1, 0.15) is 18.4 Å². The summed E-state index contributed by atoms with van der Waals surface area (Å²) in [7, 11) is 5.21. The fourth-order valence-corrected chi connectivity index (χ4v) is 8.34. The number of hydrogen-bond acceptors (Lipinski definition) is 12. The van der Waals surface area contributed by atoms with Crippen molar-refractivity contribution in [3.8, 4) is 34.8 Å². The van der Waals surface area contributed by atoms with E-state index < -0.39 is 24.1 Å². The van der Waals surface area contributed by atoms with Crippen LogP contribution in [0.4, 0.5) is 10.5 Å². The molecule has 0 aliphatic carbocycles. The molecule has 13 heteroatoms. The highest BCUT2D eigenvalue weighted by Crippen LogP contribution is 2.58. The molecule has 4 aliphatic heterocycles. The summed E-state index contributed by atoms with van der Waals surface area (Å²) in [5.41, 5.74) is 5.52. The number of anilines is 1. The number of esters is 1. The Kier molecular flexibility index (Phi) is 8.94. The number of carbonyl (C=O) groups is 2. The maximum absolute atomic E-state index is 13.2. The van der Waals surface area contributed by atoms with Gasteiger partial charge in [-0.15, -0.1) is 0 Å². The van der Waals surface area contributed by atoms with Crippen LogP contribution in [0.5, 0.6) is 28.7 Å². The Morgan fingerprint density at radius 3 is 2.48 bits per heavy atom. The van der Waals surface area contributed by atoms with Crippen molar-refractivity contribution < 1.29 is 42.7 Å². The first kappa shape index (κ1) is 33.5. The number of benzene rings is 3. The van der Waals surface area contributed by atoms with E-state index in [-0.39, 0.29) is 38.3 Å². The molecule has 2 bridgehead atoms. The molecule has 3 aromatic carbocycles. The summed E-state index contributed by atoms with van der Waals surface area (Å²) in [6.07, 6.45) is 0.295. The van der Waals surface area contributed by atoms with Crippen molar-refractivity contribution in [2.24, 2.45) is 0 Å². The van der Waals surface area contributed by atoms with E-state index in [0.717, 1.165) is 22.3 Å². The van der Waals surface area contributed by atoms with E-state index in [2.05, 4.69) is 27.3 Å². The predicted molar refractivity (Wildman–Crippen MR) is 180 cm³/mol. The van der Waals surface area contributed by atoms with Crippen LogP contribution in [0.1, 0.15) is 52.4 Å². The zero-order chi connectivity index (χ0) is 35.3. The molecular formula is C37H40N4O9. The summed E-state index contributed by atoms with van der Waals surface area (Å²) < 4.78 is 41.4. The summed E-state index contributed by atoms with van der Waals surface area (Å²) in [5.74, 6) is 2.03. The minimum absolute atomic E-state index is 0.0103. The van der Waals surface area contributed by atoms with Crippen LogP contribution in [0.3, 0.4) is 0 Å². The number of para-hydroxylation sites is 1. The summed E-state index contributed by atoms with van der Waals surface area (Å²) in [5, 5.41) is 13.7. The highest BCUT2D eigenvalue weighted by Gasteiger charge is 2.57. The molecule has 1 amide bonds. The summed E-state index contributed by atoms with van der Waals surface area (Å²) in [6.45, 7) is 5.02. The largest absolute Gasteiger partial charge is 0.493 e. The average Bonchev–Trinajstić information content (AvgIpc) is 3.59. The molecule has 5 atom stereocenters. The van der Waals surface area contributed by atoms with Crippen LogP contribution in [-0.4, -0.2) is 81.4 Å². The monoisotopic (exact) mass is 684 g/mol. The highest BCUT2D eigenvalue weighted by atomic mass is 16.7. The first-order valence-electron chi connectivity index (χ1n) is 16.5. The van der Waals surface area contributed by atoms with Crippen LogP contribution >= 0.6 is 0 Å². The third kappa shape index (κ3) is 5.44. The predicted octanol–water partition coefficient (Wildman–Crippen LogP) is 4.97. The second kappa shape index (κ2) is 13.4. The smallest absolute Gasteiger partial charge is 0.411 e. The number of methoxy groups -OCH3 is 2. The van der Waals surface area contributed by atoms with E-state index in [9.17, 15) is 14.9 Å². The lowest BCUT2D eigenvalue weighted by atomic mass is 9.71. The molecule has 3 aromatic rings. The average molecular weight is 685 g/mol. The van der Waals surface area contributed by atoms with Gasteiger partial charge in [0.2, 0.25) is 6.79 Å². The van der Waals surface area contributed by atoms with Crippen molar-refractivity contribution in [2.75, 3.05) is 46.8 Å². The molecule has 0 unspecified atom stereocenters.